The Kier molecular flexibility index (Phi) is 3.57. The van der Waals surface area contributed by atoms with Crippen molar-refractivity contribution >= 4 is 35.0 Å². The first-order chi connectivity index (χ1) is 6.84. The van der Waals surface area contributed by atoms with Gasteiger partial charge in [0.15, 0.2) is 0 Å². The average Bonchev–Trinajstić information content (AvgIpc) is 2.95. The van der Waals surface area contributed by atoms with Crippen LogP contribution in [0.4, 0.5) is 0 Å². The van der Waals surface area contributed by atoms with E-state index in [-0.39, 0.29) is 12.4 Å². The number of nitrogens with one attached hydrogen (secondary N) is 1. The minimum Gasteiger partial charge on any atom is -0.312 e. The number of fused-ring (bicyclic) bond motifs is 1. The fraction of sp³-hybridized carbons (Fsp3) is 0.700. The predicted octanol–water partition coefficient (Wildman–Crippen LogP) is 1.97. The van der Waals surface area contributed by atoms with Gasteiger partial charge in [-0.1, -0.05) is 0 Å². The smallest absolute Gasteiger partial charge is 0.128 e. The van der Waals surface area contributed by atoms with Gasteiger partial charge < -0.3 is 5.32 Å². The fourth-order valence-electron chi connectivity index (χ4n) is 2.07. The Morgan fingerprint density at radius 2 is 2.27 bits per heavy atom. The third-order valence-electron chi connectivity index (χ3n) is 3.09. The number of nitrogens with zero attached hydrogens (tertiary/aromatic N) is 2. The van der Waals surface area contributed by atoms with Gasteiger partial charge in [-0.05, 0) is 41.4 Å². The van der Waals surface area contributed by atoms with Crippen LogP contribution >= 0.6 is 35.0 Å². The predicted molar refractivity (Wildman–Crippen MR) is 70.3 cm³/mol. The molecule has 3 rings (SSSR count). The molecule has 0 aromatic carbocycles. The van der Waals surface area contributed by atoms with E-state index in [9.17, 15) is 0 Å². The molecule has 1 aromatic rings. The summed E-state index contributed by atoms with van der Waals surface area (Å²) < 4.78 is 3.46. The van der Waals surface area contributed by atoms with Crippen molar-refractivity contribution in [3.63, 3.8) is 0 Å². The zero-order valence-corrected chi connectivity index (χ0v) is 11.5. The highest BCUT2D eigenvalue weighted by molar-refractivity contribution is 14.1. The maximum atomic E-state index is 4.64. The first-order valence-electron chi connectivity index (χ1n) is 5.29. The van der Waals surface area contributed by atoms with Crippen LogP contribution in [0, 0.1) is 9.62 Å². The van der Waals surface area contributed by atoms with Crippen LogP contribution in [0.3, 0.4) is 0 Å². The van der Waals surface area contributed by atoms with Gasteiger partial charge in [-0.2, -0.15) is 5.10 Å². The summed E-state index contributed by atoms with van der Waals surface area (Å²) in [4.78, 5) is 0. The summed E-state index contributed by atoms with van der Waals surface area (Å²) in [6, 6.07) is 0. The number of rotatable bonds is 2. The summed E-state index contributed by atoms with van der Waals surface area (Å²) in [6.45, 7) is 3.28. The number of hydrogen-bond donors (Lipinski definition) is 1. The van der Waals surface area contributed by atoms with Crippen molar-refractivity contribution in [3.8, 4) is 0 Å². The van der Waals surface area contributed by atoms with E-state index in [0.717, 1.165) is 32.0 Å². The van der Waals surface area contributed by atoms with Crippen LogP contribution in [0.5, 0.6) is 0 Å². The Morgan fingerprint density at radius 3 is 3.00 bits per heavy atom. The Morgan fingerprint density at radius 1 is 1.47 bits per heavy atom. The van der Waals surface area contributed by atoms with Crippen molar-refractivity contribution < 1.29 is 0 Å². The lowest BCUT2D eigenvalue weighted by atomic mass is 10.1. The van der Waals surface area contributed by atoms with Crippen LogP contribution in [0.1, 0.15) is 24.1 Å². The lowest BCUT2D eigenvalue weighted by Crippen LogP contribution is -2.25. The molecule has 1 saturated carbocycles. The monoisotopic (exact) mass is 339 g/mol. The molecule has 1 fully saturated rings. The molecule has 1 N–H and O–H groups in total. The van der Waals surface area contributed by atoms with Gasteiger partial charge in [0.1, 0.15) is 3.70 Å². The SMILES string of the molecule is Cl.Ic1nn(CC2CC2)c2c1CNCC2. The highest BCUT2D eigenvalue weighted by Crippen LogP contribution is 2.32. The Hall–Kier alpha value is 0.190. The third-order valence-corrected chi connectivity index (χ3v) is 3.95. The van der Waals surface area contributed by atoms with Gasteiger partial charge in [0.2, 0.25) is 0 Å². The quantitative estimate of drug-likeness (QED) is 0.835. The minimum atomic E-state index is 0. The Labute approximate surface area is 110 Å². The van der Waals surface area contributed by atoms with E-state index in [0.29, 0.717) is 0 Å². The van der Waals surface area contributed by atoms with Crippen LogP contribution in [0.15, 0.2) is 0 Å². The molecule has 2 aliphatic rings. The van der Waals surface area contributed by atoms with Crippen molar-refractivity contribution in [2.45, 2.75) is 32.4 Å². The lowest BCUT2D eigenvalue weighted by Gasteiger charge is -2.14. The number of aromatic nitrogens is 2. The van der Waals surface area contributed by atoms with Crippen molar-refractivity contribution in [2.24, 2.45) is 5.92 Å². The Balaban J connectivity index is 0.000000853. The molecule has 1 aliphatic heterocycles. The summed E-state index contributed by atoms with van der Waals surface area (Å²) in [5.41, 5.74) is 2.93. The van der Waals surface area contributed by atoms with Crippen LogP contribution in [-0.2, 0) is 19.5 Å². The summed E-state index contributed by atoms with van der Waals surface area (Å²) in [7, 11) is 0. The molecule has 0 atom stereocenters. The van der Waals surface area contributed by atoms with Gasteiger partial charge >= 0.3 is 0 Å². The summed E-state index contributed by atoms with van der Waals surface area (Å²) in [6.07, 6.45) is 3.96. The largest absolute Gasteiger partial charge is 0.312 e. The second kappa shape index (κ2) is 4.59. The normalized spacial score (nSPS) is 19.5. The molecule has 1 aliphatic carbocycles. The van der Waals surface area contributed by atoms with Gasteiger partial charge in [-0.3, -0.25) is 4.68 Å². The molecule has 0 spiro atoms. The third kappa shape index (κ3) is 2.31. The Bertz CT molecular complexity index is 360. The van der Waals surface area contributed by atoms with Gasteiger partial charge in [0.05, 0.1) is 0 Å². The topological polar surface area (TPSA) is 29.9 Å². The first-order valence-corrected chi connectivity index (χ1v) is 6.37. The van der Waals surface area contributed by atoms with E-state index in [1.54, 1.807) is 0 Å². The summed E-state index contributed by atoms with van der Waals surface area (Å²) >= 11 is 2.36. The molecule has 1 aromatic heterocycles. The maximum absolute atomic E-state index is 4.64. The molecule has 0 radical (unpaired) electrons. The lowest BCUT2D eigenvalue weighted by molar-refractivity contribution is 0.519. The zero-order valence-electron chi connectivity index (χ0n) is 8.50. The van der Waals surface area contributed by atoms with E-state index < -0.39 is 0 Å². The number of halogens is 2. The van der Waals surface area contributed by atoms with E-state index in [2.05, 4.69) is 37.7 Å². The summed E-state index contributed by atoms with van der Waals surface area (Å²) in [5.74, 6) is 0.921. The molecular weight excluding hydrogens is 324 g/mol. The van der Waals surface area contributed by atoms with Crippen molar-refractivity contribution in [3.05, 3.63) is 15.0 Å². The molecule has 5 heteroatoms. The summed E-state index contributed by atoms with van der Waals surface area (Å²) in [5, 5.41) is 8.04. The molecule has 84 valence electrons. The van der Waals surface area contributed by atoms with Crippen molar-refractivity contribution in [1.29, 1.82) is 0 Å². The molecule has 2 heterocycles. The zero-order chi connectivity index (χ0) is 9.54. The second-order valence-corrected chi connectivity index (χ2v) is 5.29. The second-order valence-electron chi connectivity index (χ2n) is 4.27. The van der Waals surface area contributed by atoms with Gasteiger partial charge in [0, 0.05) is 37.3 Å². The molecule has 0 saturated heterocycles. The van der Waals surface area contributed by atoms with Crippen molar-refractivity contribution in [2.75, 3.05) is 6.54 Å². The number of hydrogen-bond acceptors (Lipinski definition) is 2. The minimum absolute atomic E-state index is 0. The van der Waals surface area contributed by atoms with Gasteiger partial charge in [-0.25, -0.2) is 0 Å². The fourth-order valence-corrected chi connectivity index (χ4v) is 2.84. The highest BCUT2D eigenvalue weighted by atomic mass is 127. The van der Waals surface area contributed by atoms with Gasteiger partial charge in [0.25, 0.3) is 0 Å². The van der Waals surface area contributed by atoms with Crippen LogP contribution in [0.25, 0.3) is 0 Å². The molecule has 0 bridgehead atoms. The van der Waals surface area contributed by atoms with E-state index in [4.69, 9.17) is 0 Å². The molecule has 0 unspecified atom stereocenters. The van der Waals surface area contributed by atoms with E-state index >= 15 is 0 Å². The molecule has 15 heavy (non-hydrogen) atoms. The van der Waals surface area contributed by atoms with Crippen LogP contribution in [0.2, 0.25) is 0 Å². The van der Waals surface area contributed by atoms with Gasteiger partial charge in [-0.15, -0.1) is 12.4 Å². The van der Waals surface area contributed by atoms with E-state index in [1.807, 2.05) is 0 Å². The molecule has 3 nitrogen and oxygen atoms in total. The standard InChI is InChI=1S/C10H14IN3.ClH/c11-10-8-5-12-4-3-9(8)14(13-10)6-7-1-2-7;/h7,12H,1-6H2;1H. The van der Waals surface area contributed by atoms with Crippen LogP contribution < -0.4 is 5.32 Å². The van der Waals surface area contributed by atoms with Crippen LogP contribution in [-0.4, -0.2) is 16.3 Å². The first kappa shape index (κ1) is 11.7. The molecule has 0 amide bonds. The van der Waals surface area contributed by atoms with Crippen molar-refractivity contribution in [1.82, 2.24) is 15.1 Å². The average molecular weight is 340 g/mol. The maximum Gasteiger partial charge on any atom is 0.128 e. The molecular formula is C10H15ClIN3. The highest BCUT2D eigenvalue weighted by Gasteiger charge is 2.26. The van der Waals surface area contributed by atoms with E-state index in [1.165, 1.54) is 27.8 Å².